The van der Waals surface area contributed by atoms with E-state index in [0.717, 1.165) is 17.8 Å². The lowest BCUT2D eigenvalue weighted by molar-refractivity contribution is -0.0636. The second kappa shape index (κ2) is 3.15. The van der Waals surface area contributed by atoms with E-state index in [0.29, 0.717) is 5.41 Å². The Morgan fingerprint density at radius 1 is 1.13 bits per heavy atom. The maximum Gasteiger partial charge on any atom is 0.0402 e. The molecule has 0 radical (unpaired) electrons. The average Bonchev–Trinajstić information content (AvgIpc) is 2.15. The number of rotatable bonds is 2. The zero-order valence-corrected chi connectivity index (χ0v) is 9.39. The summed E-state index contributed by atoms with van der Waals surface area (Å²) in [7, 11) is 0. The summed E-state index contributed by atoms with van der Waals surface area (Å²) in [5.41, 5.74) is 8.99. The van der Waals surface area contributed by atoms with Crippen LogP contribution in [0.3, 0.4) is 0 Å². The molecule has 4 rings (SSSR count). The van der Waals surface area contributed by atoms with Crippen LogP contribution in [0, 0.1) is 23.2 Å². The van der Waals surface area contributed by atoms with Gasteiger partial charge in [0.1, 0.15) is 0 Å². The molecular formula is C12H19N3. The smallest absolute Gasteiger partial charge is 0.0402 e. The fraction of sp³-hybridized carbons (Fsp3) is 1.00. The minimum absolute atomic E-state index is 0.218. The van der Waals surface area contributed by atoms with E-state index in [1.165, 1.54) is 38.5 Å². The van der Waals surface area contributed by atoms with Crippen LogP contribution in [0.25, 0.3) is 10.4 Å². The summed E-state index contributed by atoms with van der Waals surface area (Å²) in [6.07, 6.45) is 8.38. The topological polar surface area (TPSA) is 48.8 Å². The molecule has 0 spiro atoms. The molecule has 4 aliphatic carbocycles. The minimum atomic E-state index is 0.218. The summed E-state index contributed by atoms with van der Waals surface area (Å²) in [6, 6.07) is 0.218. The second-order valence-electron chi connectivity index (χ2n) is 6.16. The van der Waals surface area contributed by atoms with Crippen LogP contribution in [0.1, 0.15) is 45.4 Å². The molecule has 4 saturated carbocycles. The van der Waals surface area contributed by atoms with E-state index in [9.17, 15) is 0 Å². The summed E-state index contributed by atoms with van der Waals surface area (Å²) in [6.45, 7) is 2.13. The molecule has 0 heterocycles. The van der Waals surface area contributed by atoms with Gasteiger partial charge in [-0.25, -0.2) is 0 Å². The van der Waals surface area contributed by atoms with Gasteiger partial charge < -0.3 is 0 Å². The molecule has 1 atom stereocenters. The first kappa shape index (κ1) is 9.53. The van der Waals surface area contributed by atoms with Gasteiger partial charge in [-0.1, -0.05) is 12.0 Å². The summed E-state index contributed by atoms with van der Waals surface area (Å²) < 4.78 is 0. The molecule has 82 valence electrons. The van der Waals surface area contributed by atoms with Gasteiger partial charge in [0.25, 0.3) is 0 Å². The Morgan fingerprint density at radius 2 is 1.60 bits per heavy atom. The van der Waals surface area contributed by atoms with Crippen molar-refractivity contribution >= 4 is 0 Å². The van der Waals surface area contributed by atoms with Crippen LogP contribution in [-0.4, -0.2) is 6.04 Å². The fourth-order valence-electron chi connectivity index (χ4n) is 4.89. The van der Waals surface area contributed by atoms with Crippen molar-refractivity contribution in [3.8, 4) is 0 Å². The van der Waals surface area contributed by atoms with E-state index < -0.39 is 0 Å². The lowest BCUT2D eigenvalue weighted by Crippen LogP contribution is -2.50. The van der Waals surface area contributed by atoms with Crippen LogP contribution >= 0.6 is 0 Å². The molecule has 0 amide bonds. The van der Waals surface area contributed by atoms with Crippen molar-refractivity contribution < 1.29 is 0 Å². The largest absolute Gasteiger partial charge is 0.0903 e. The summed E-state index contributed by atoms with van der Waals surface area (Å²) in [4.78, 5) is 3.02. The van der Waals surface area contributed by atoms with Gasteiger partial charge in [-0.3, -0.25) is 0 Å². The molecule has 0 aromatic carbocycles. The Morgan fingerprint density at radius 3 is 2.00 bits per heavy atom. The van der Waals surface area contributed by atoms with E-state index in [1.54, 1.807) is 0 Å². The van der Waals surface area contributed by atoms with Crippen LogP contribution in [0.4, 0.5) is 0 Å². The van der Waals surface area contributed by atoms with Gasteiger partial charge in [0.2, 0.25) is 0 Å². The molecule has 0 aromatic rings. The number of hydrogen-bond donors (Lipinski definition) is 0. The third-order valence-corrected chi connectivity index (χ3v) is 5.20. The zero-order chi connectivity index (χ0) is 10.5. The Labute approximate surface area is 90.9 Å². The highest BCUT2D eigenvalue weighted by Crippen LogP contribution is 2.61. The van der Waals surface area contributed by atoms with Gasteiger partial charge in [0, 0.05) is 11.0 Å². The van der Waals surface area contributed by atoms with Gasteiger partial charge in [0.15, 0.2) is 0 Å². The van der Waals surface area contributed by atoms with Crippen LogP contribution < -0.4 is 0 Å². The highest BCUT2D eigenvalue weighted by atomic mass is 15.2. The first-order chi connectivity index (χ1) is 7.22. The third kappa shape index (κ3) is 1.37. The van der Waals surface area contributed by atoms with Crippen molar-refractivity contribution in [2.75, 3.05) is 0 Å². The average molecular weight is 205 g/mol. The molecule has 0 aromatic heterocycles. The lowest BCUT2D eigenvalue weighted by Gasteiger charge is -2.58. The second-order valence-corrected chi connectivity index (χ2v) is 6.16. The first-order valence-electron chi connectivity index (χ1n) is 6.26. The number of hydrogen-bond acceptors (Lipinski definition) is 1. The standard InChI is InChI=1S/C12H19N3/c1-8(14-15-13)12-5-9-2-10(6-12)4-11(3-9)7-12/h8-11H,2-7H2,1H3. The van der Waals surface area contributed by atoms with Crippen molar-refractivity contribution in [2.45, 2.75) is 51.5 Å². The highest BCUT2D eigenvalue weighted by molar-refractivity contribution is 5.05. The van der Waals surface area contributed by atoms with E-state index in [2.05, 4.69) is 16.9 Å². The van der Waals surface area contributed by atoms with E-state index in [-0.39, 0.29) is 6.04 Å². The van der Waals surface area contributed by atoms with E-state index >= 15 is 0 Å². The molecule has 3 nitrogen and oxygen atoms in total. The zero-order valence-electron chi connectivity index (χ0n) is 9.39. The Balaban J connectivity index is 1.89. The third-order valence-electron chi connectivity index (χ3n) is 5.20. The summed E-state index contributed by atoms with van der Waals surface area (Å²) in [5, 5.41) is 4.00. The van der Waals surface area contributed by atoms with Crippen molar-refractivity contribution in [3.05, 3.63) is 10.4 Å². The SMILES string of the molecule is CC(N=[N+]=[N-])C12CC3CC(CC(C3)C1)C2. The van der Waals surface area contributed by atoms with Crippen molar-refractivity contribution in [1.29, 1.82) is 0 Å². The Bertz CT molecular complexity index is 282. The van der Waals surface area contributed by atoms with Gasteiger partial charge in [-0.05, 0) is 67.2 Å². The molecule has 0 N–H and O–H groups in total. The summed E-state index contributed by atoms with van der Waals surface area (Å²) in [5.74, 6) is 2.85. The number of azide groups is 1. The molecular weight excluding hydrogens is 186 g/mol. The van der Waals surface area contributed by atoms with Crippen LogP contribution in [-0.2, 0) is 0 Å². The van der Waals surface area contributed by atoms with Crippen molar-refractivity contribution in [1.82, 2.24) is 0 Å². The van der Waals surface area contributed by atoms with Crippen LogP contribution in [0.15, 0.2) is 5.11 Å². The Hall–Kier alpha value is -0.690. The maximum atomic E-state index is 8.60. The highest BCUT2D eigenvalue weighted by Gasteiger charge is 2.52. The summed E-state index contributed by atoms with van der Waals surface area (Å²) >= 11 is 0. The van der Waals surface area contributed by atoms with Crippen molar-refractivity contribution in [3.63, 3.8) is 0 Å². The molecule has 15 heavy (non-hydrogen) atoms. The molecule has 3 heteroatoms. The van der Waals surface area contributed by atoms with Gasteiger partial charge in [-0.15, -0.1) is 0 Å². The predicted molar refractivity (Wildman–Crippen MR) is 59.2 cm³/mol. The lowest BCUT2D eigenvalue weighted by atomic mass is 9.48. The molecule has 4 aliphatic rings. The molecule has 4 bridgehead atoms. The van der Waals surface area contributed by atoms with E-state index in [1.807, 2.05) is 0 Å². The monoisotopic (exact) mass is 205 g/mol. The van der Waals surface area contributed by atoms with Crippen LogP contribution in [0.5, 0.6) is 0 Å². The first-order valence-corrected chi connectivity index (χ1v) is 6.26. The van der Waals surface area contributed by atoms with Gasteiger partial charge >= 0.3 is 0 Å². The normalized spacial score (nSPS) is 48.7. The minimum Gasteiger partial charge on any atom is -0.0903 e. The number of nitrogens with zero attached hydrogens (tertiary/aromatic N) is 3. The maximum absolute atomic E-state index is 8.60. The fourth-order valence-corrected chi connectivity index (χ4v) is 4.89. The Kier molecular flexibility index (Phi) is 2.00. The van der Waals surface area contributed by atoms with Gasteiger partial charge in [0.05, 0.1) is 0 Å². The van der Waals surface area contributed by atoms with Crippen molar-refractivity contribution in [2.24, 2.45) is 28.3 Å². The molecule has 1 unspecified atom stereocenters. The van der Waals surface area contributed by atoms with Gasteiger partial charge in [-0.2, -0.15) is 0 Å². The predicted octanol–water partition coefficient (Wildman–Crippen LogP) is 3.90. The molecule has 0 aliphatic heterocycles. The van der Waals surface area contributed by atoms with Crippen LogP contribution in [0.2, 0.25) is 0 Å². The molecule has 0 saturated heterocycles. The van der Waals surface area contributed by atoms with E-state index in [4.69, 9.17) is 5.53 Å². The quantitative estimate of drug-likeness (QED) is 0.373. The molecule has 4 fully saturated rings.